The van der Waals surface area contributed by atoms with Gasteiger partial charge in [0.2, 0.25) is 5.91 Å². The molecule has 0 radical (unpaired) electrons. The number of piperidine rings is 1. The summed E-state index contributed by atoms with van der Waals surface area (Å²) in [5, 5.41) is 6.70. The second-order valence-electron chi connectivity index (χ2n) is 6.44. The van der Waals surface area contributed by atoms with Crippen LogP contribution in [-0.4, -0.2) is 25.0 Å². The molecule has 1 aliphatic carbocycles. The van der Waals surface area contributed by atoms with E-state index in [0.717, 1.165) is 32.4 Å². The Balaban J connectivity index is 1.83. The minimum atomic E-state index is -0.00118. The highest BCUT2D eigenvalue weighted by Crippen LogP contribution is 2.48. The van der Waals surface area contributed by atoms with E-state index < -0.39 is 0 Å². The molecule has 0 bridgehead atoms. The molecule has 0 spiro atoms. The van der Waals surface area contributed by atoms with Crippen molar-refractivity contribution >= 4 is 5.91 Å². The van der Waals surface area contributed by atoms with E-state index >= 15 is 0 Å². The van der Waals surface area contributed by atoms with Gasteiger partial charge in [0.25, 0.3) is 0 Å². The fourth-order valence-corrected chi connectivity index (χ4v) is 2.89. The second kappa shape index (κ2) is 4.60. The summed E-state index contributed by atoms with van der Waals surface area (Å²) in [6.45, 7) is 8.58. The number of hydrogen-bond donors (Lipinski definition) is 2. The number of hydrogen-bond acceptors (Lipinski definition) is 2. The molecule has 1 saturated carbocycles. The molecule has 2 N–H and O–H groups in total. The molecule has 0 aromatic carbocycles. The lowest BCUT2D eigenvalue weighted by Gasteiger charge is -2.39. The van der Waals surface area contributed by atoms with Crippen molar-refractivity contribution in [2.75, 3.05) is 13.1 Å². The largest absolute Gasteiger partial charge is 0.354 e. The smallest absolute Gasteiger partial charge is 0.226 e. The molecule has 1 atom stereocenters. The lowest BCUT2D eigenvalue weighted by Crippen LogP contribution is -2.53. The first kappa shape index (κ1) is 12.9. The molecule has 0 aromatic heterocycles. The first-order chi connectivity index (χ1) is 8.00. The molecular formula is C14H26N2O. The molecule has 2 fully saturated rings. The molecule has 98 valence electrons. The van der Waals surface area contributed by atoms with E-state index in [1.54, 1.807) is 0 Å². The highest BCUT2D eigenvalue weighted by atomic mass is 16.2. The normalized spacial score (nSPS) is 29.7. The maximum atomic E-state index is 12.1. The van der Waals surface area contributed by atoms with Crippen molar-refractivity contribution < 1.29 is 4.79 Å². The van der Waals surface area contributed by atoms with Crippen molar-refractivity contribution in [3.63, 3.8) is 0 Å². The lowest BCUT2D eigenvalue weighted by molar-refractivity contribution is -0.126. The van der Waals surface area contributed by atoms with Gasteiger partial charge in [-0.2, -0.15) is 0 Å². The van der Waals surface area contributed by atoms with Crippen LogP contribution in [0.25, 0.3) is 0 Å². The quantitative estimate of drug-likeness (QED) is 0.787. The number of rotatable bonds is 4. The van der Waals surface area contributed by atoms with Crippen LogP contribution in [0.2, 0.25) is 0 Å². The summed E-state index contributed by atoms with van der Waals surface area (Å²) in [7, 11) is 0. The number of carbonyl (C=O) groups excluding carboxylic acids is 1. The lowest BCUT2D eigenvalue weighted by atomic mass is 9.77. The van der Waals surface area contributed by atoms with E-state index in [1.807, 2.05) is 0 Å². The summed E-state index contributed by atoms with van der Waals surface area (Å²) in [5.41, 5.74) is 0.299. The Hall–Kier alpha value is -0.570. The van der Waals surface area contributed by atoms with Gasteiger partial charge in [-0.3, -0.25) is 4.79 Å². The molecule has 1 heterocycles. The van der Waals surface area contributed by atoms with Crippen LogP contribution < -0.4 is 10.6 Å². The third-order valence-electron chi connectivity index (χ3n) is 4.81. The molecule has 1 aliphatic heterocycles. The molecule has 2 rings (SSSR count). The maximum Gasteiger partial charge on any atom is 0.226 e. The van der Waals surface area contributed by atoms with Crippen LogP contribution in [0.1, 0.15) is 52.9 Å². The molecule has 17 heavy (non-hydrogen) atoms. The maximum absolute atomic E-state index is 12.1. The molecule has 1 saturated heterocycles. The van der Waals surface area contributed by atoms with Gasteiger partial charge in [-0.25, -0.2) is 0 Å². The Labute approximate surface area is 105 Å². The van der Waals surface area contributed by atoms with Crippen molar-refractivity contribution in [1.82, 2.24) is 10.6 Å². The van der Waals surface area contributed by atoms with Crippen molar-refractivity contribution in [3.05, 3.63) is 0 Å². The zero-order chi connectivity index (χ0) is 12.5. The molecular weight excluding hydrogens is 212 g/mol. The Bertz CT molecular complexity index is 295. The van der Waals surface area contributed by atoms with Crippen LogP contribution >= 0.6 is 0 Å². The van der Waals surface area contributed by atoms with Crippen molar-refractivity contribution in [3.8, 4) is 0 Å². The van der Waals surface area contributed by atoms with Crippen molar-refractivity contribution in [1.29, 1.82) is 0 Å². The first-order valence-electron chi connectivity index (χ1n) is 7.02. The van der Waals surface area contributed by atoms with Crippen LogP contribution in [-0.2, 0) is 4.79 Å². The zero-order valence-corrected chi connectivity index (χ0v) is 11.4. The van der Waals surface area contributed by atoms with Crippen LogP contribution in [0.15, 0.2) is 0 Å². The summed E-state index contributed by atoms with van der Waals surface area (Å²) < 4.78 is 0. The standard InChI is InChI=1S/C14H26N2O/c1-4-14(7-8-14)12(17)16-10-11-13(2,3)6-5-9-15-11/h11,15H,4-10H2,1-3H3,(H,16,17). The Kier molecular flexibility index (Phi) is 3.48. The Morgan fingerprint density at radius 1 is 1.35 bits per heavy atom. The van der Waals surface area contributed by atoms with Gasteiger partial charge in [0, 0.05) is 18.0 Å². The van der Waals surface area contributed by atoms with Gasteiger partial charge < -0.3 is 10.6 Å². The molecule has 1 amide bonds. The molecule has 3 heteroatoms. The van der Waals surface area contributed by atoms with Gasteiger partial charge in [-0.15, -0.1) is 0 Å². The first-order valence-corrected chi connectivity index (χ1v) is 7.02. The van der Waals surface area contributed by atoms with E-state index in [2.05, 4.69) is 31.4 Å². The van der Waals surface area contributed by atoms with Gasteiger partial charge in [0.1, 0.15) is 0 Å². The third-order valence-corrected chi connectivity index (χ3v) is 4.81. The summed E-state index contributed by atoms with van der Waals surface area (Å²) in [5.74, 6) is 0.281. The van der Waals surface area contributed by atoms with Crippen LogP contribution in [0.3, 0.4) is 0 Å². The Morgan fingerprint density at radius 2 is 2.06 bits per heavy atom. The van der Waals surface area contributed by atoms with Gasteiger partial charge in [-0.05, 0) is 44.1 Å². The monoisotopic (exact) mass is 238 g/mol. The van der Waals surface area contributed by atoms with E-state index in [9.17, 15) is 4.79 Å². The summed E-state index contributed by atoms with van der Waals surface area (Å²) >= 11 is 0. The number of carbonyl (C=O) groups is 1. The van der Waals surface area contributed by atoms with E-state index in [4.69, 9.17) is 0 Å². The predicted molar refractivity (Wildman–Crippen MR) is 69.8 cm³/mol. The second-order valence-corrected chi connectivity index (χ2v) is 6.44. The zero-order valence-electron chi connectivity index (χ0n) is 11.4. The molecule has 1 unspecified atom stereocenters. The Morgan fingerprint density at radius 3 is 2.59 bits per heavy atom. The minimum absolute atomic E-state index is 0.00118. The number of nitrogens with one attached hydrogen (secondary N) is 2. The van der Waals surface area contributed by atoms with Crippen LogP contribution in [0.4, 0.5) is 0 Å². The number of amides is 1. The molecule has 3 nitrogen and oxygen atoms in total. The van der Waals surface area contributed by atoms with Crippen LogP contribution in [0.5, 0.6) is 0 Å². The van der Waals surface area contributed by atoms with Gasteiger partial charge in [0.05, 0.1) is 0 Å². The third kappa shape index (κ3) is 2.65. The highest BCUT2D eigenvalue weighted by molar-refractivity contribution is 5.85. The van der Waals surface area contributed by atoms with Crippen molar-refractivity contribution in [2.24, 2.45) is 10.8 Å². The summed E-state index contributed by atoms with van der Waals surface area (Å²) in [4.78, 5) is 12.1. The average molecular weight is 238 g/mol. The predicted octanol–water partition coefficient (Wildman–Crippen LogP) is 2.07. The fraction of sp³-hybridized carbons (Fsp3) is 0.929. The van der Waals surface area contributed by atoms with Crippen molar-refractivity contribution in [2.45, 2.75) is 58.9 Å². The SMILES string of the molecule is CCC1(C(=O)NCC2NCCCC2(C)C)CC1. The van der Waals surface area contributed by atoms with Crippen LogP contribution in [0, 0.1) is 10.8 Å². The topological polar surface area (TPSA) is 41.1 Å². The minimum Gasteiger partial charge on any atom is -0.354 e. The average Bonchev–Trinajstić information content (AvgIpc) is 3.07. The van der Waals surface area contributed by atoms with Gasteiger partial charge in [-0.1, -0.05) is 20.8 Å². The highest BCUT2D eigenvalue weighted by Gasteiger charge is 2.48. The molecule has 2 aliphatic rings. The molecule has 0 aromatic rings. The van der Waals surface area contributed by atoms with Gasteiger partial charge in [0.15, 0.2) is 0 Å². The van der Waals surface area contributed by atoms with E-state index in [1.165, 1.54) is 12.8 Å². The summed E-state index contributed by atoms with van der Waals surface area (Å²) in [6.07, 6.45) is 5.64. The van der Waals surface area contributed by atoms with Gasteiger partial charge >= 0.3 is 0 Å². The van der Waals surface area contributed by atoms with E-state index in [-0.39, 0.29) is 11.3 Å². The fourth-order valence-electron chi connectivity index (χ4n) is 2.89. The van der Waals surface area contributed by atoms with E-state index in [0.29, 0.717) is 11.5 Å². The summed E-state index contributed by atoms with van der Waals surface area (Å²) in [6, 6.07) is 0.424.